The zero-order chi connectivity index (χ0) is 15.6. The first kappa shape index (κ1) is 13.1. The number of anilines is 1. The van der Waals surface area contributed by atoms with E-state index in [9.17, 15) is 9.18 Å². The normalized spacial score (nSPS) is 26.7. The molecular formula is C17H16FN3O2. The van der Waals surface area contributed by atoms with Gasteiger partial charge in [-0.3, -0.25) is 4.57 Å². The van der Waals surface area contributed by atoms with Gasteiger partial charge in [-0.15, -0.1) is 0 Å². The Morgan fingerprint density at radius 1 is 1.30 bits per heavy atom. The molecule has 3 aliphatic heterocycles. The lowest BCUT2D eigenvalue weighted by Gasteiger charge is -2.37. The minimum Gasteiger partial charge on any atom is -0.473 e. The third-order valence-electron chi connectivity index (χ3n) is 5.35. The molecule has 4 aliphatic rings. The summed E-state index contributed by atoms with van der Waals surface area (Å²) in [5.74, 6) is 1.77. The highest BCUT2D eigenvalue weighted by Gasteiger charge is 2.60. The Bertz CT molecular complexity index is 840. The molecule has 1 aromatic heterocycles. The summed E-state index contributed by atoms with van der Waals surface area (Å²) in [6.45, 7) is 2.05. The Labute approximate surface area is 132 Å². The van der Waals surface area contributed by atoms with Gasteiger partial charge in [-0.1, -0.05) is 12.1 Å². The maximum atomic E-state index is 12.9. The molecule has 0 unspecified atom stereocenters. The predicted octanol–water partition coefficient (Wildman–Crippen LogP) is 1.94. The van der Waals surface area contributed by atoms with Crippen LogP contribution < -0.4 is 15.3 Å². The Balaban J connectivity index is 1.41. The van der Waals surface area contributed by atoms with Gasteiger partial charge in [0.05, 0.1) is 12.1 Å². The van der Waals surface area contributed by atoms with E-state index in [0.717, 1.165) is 30.4 Å². The van der Waals surface area contributed by atoms with E-state index < -0.39 is 0 Å². The van der Waals surface area contributed by atoms with Gasteiger partial charge >= 0.3 is 5.69 Å². The molecule has 2 saturated heterocycles. The van der Waals surface area contributed by atoms with E-state index >= 15 is 0 Å². The van der Waals surface area contributed by atoms with Crippen LogP contribution >= 0.6 is 0 Å². The van der Waals surface area contributed by atoms with Crippen LogP contribution in [0, 0.1) is 11.7 Å². The van der Waals surface area contributed by atoms with Crippen molar-refractivity contribution in [3.63, 3.8) is 0 Å². The highest BCUT2D eigenvalue weighted by atomic mass is 19.1. The van der Waals surface area contributed by atoms with Gasteiger partial charge in [0.15, 0.2) is 0 Å². The first-order valence-corrected chi connectivity index (χ1v) is 7.90. The van der Waals surface area contributed by atoms with Crippen LogP contribution in [0.3, 0.4) is 0 Å². The van der Waals surface area contributed by atoms with Gasteiger partial charge in [0.1, 0.15) is 18.2 Å². The molecule has 1 spiro atoms. The number of fused-ring (bicyclic) bond motifs is 1. The summed E-state index contributed by atoms with van der Waals surface area (Å²) < 4.78 is 20.3. The van der Waals surface area contributed by atoms with Gasteiger partial charge in [-0.05, 0) is 36.5 Å². The number of hydrogen-bond donors (Lipinski definition) is 0. The summed E-state index contributed by atoms with van der Waals surface area (Å²) in [6, 6.07) is 7.98. The highest BCUT2D eigenvalue weighted by molar-refractivity contribution is 5.54. The summed E-state index contributed by atoms with van der Waals surface area (Å²) in [6.07, 6.45) is 2.36. The lowest BCUT2D eigenvalue weighted by Crippen LogP contribution is -2.44. The fourth-order valence-electron chi connectivity index (χ4n) is 4.32. The molecule has 23 heavy (non-hydrogen) atoms. The largest absolute Gasteiger partial charge is 0.473 e. The van der Waals surface area contributed by atoms with E-state index in [1.807, 2.05) is 6.07 Å². The van der Waals surface area contributed by atoms with Gasteiger partial charge in [0.2, 0.25) is 5.88 Å². The van der Waals surface area contributed by atoms with Crippen LogP contribution in [0.5, 0.6) is 5.88 Å². The van der Waals surface area contributed by atoms with Crippen molar-refractivity contribution in [2.24, 2.45) is 5.92 Å². The Hall–Kier alpha value is -2.37. The van der Waals surface area contributed by atoms with Crippen LogP contribution in [-0.4, -0.2) is 21.6 Å². The third kappa shape index (κ3) is 1.84. The van der Waals surface area contributed by atoms with Gasteiger partial charge in [-0.25, -0.2) is 9.18 Å². The fourth-order valence-corrected chi connectivity index (χ4v) is 4.32. The average Bonchev–Trinajstić information content (AvgIpc) is 3.12. The Kier molecular flexibility index (Phi) is 2.47. The molecule has 0 radical (unpaired) electrons. The quantitative estimate of drug-likeness (QED) is 0.869. The van der Waals surface area contributed by atoms with Crippen molar-refractivity contribution in [1.82, 2.24) is 9.55 Å². The molecule has 1 aliphatic carbocycles. The van der Waals surface area contributed by atoms with Gasteiger partial charge in [0, 0.05) is 12.6 Å². The smallest absolute Gasteiger partial charge is 0.352 e. The lowest BCUT2D eigenvalue weighted by molar-refractivity contribution is 0.229. The zero-order valence-electron chi connectivity index (χ0n) is 12.5. The van der Waals surface area contributed by atoms with Crippen molar-refractivity contribution in [3.05, 3.63) is 52.2 Å². The monoisotopic (exact) mass is 313 g/mol. The molecular weight excluding hydrogens is 297 g/mol. The molecule has 1 saturated carbocycles. The molecule has 6 rings (SSSR count). The molecule has 6 heteroatoms. The molecule has 5 nitrogen and oxygen atoms in total. The minimum atomic E-state index is -0.277. The van der Waals surface area contributed by atoms with Crippen LogP contribution in [0.1, 0.15) is 18.4 Å². The standard InChI is InChI=1S/C17H16FN3O2/c18-13-3-1-11(2-4-13)9-23-14-5-15-20(16(22)19-14)10-17-6-12(7-17)8-21(15)17/h1-5,12H,6-10H2. The maximum absolute atomic E-state index is 12.9. The average molecular weight is 313 g/mol. The topological polar surface area (TPSA) is 47.4 Å². The van der Waals surface area contributed by atoms with Crippen LogP contribution in [0.4, 0.5) is 10.2 Å². The second-order valence-corrected chi connectivity index (χ2v) is 6.85. The molecule has 2 bridgehead atoms. The van der Waals surface area contributed by atoms with Gasteiger partial charge in [0.25, 0.3) is 0 Å². The number of ether oxygens (including phenoxy) is 1. The van der Waals surface area contributed by atoms with Crippen LogP contribution in [-0.2, 0) is 13.2 Å². The van der Waals surface area contributed by atoms with Crippen molar-refractivity contribution >= 4 is 5.82 Å². The maximum Gasteiger partial charge on any atom is 0.352 e. The second kappa shape index (κ2) is 4.34. The number of benzene rings is 1. The molecule has 3 fully saturated rings. The van der Waals surface area contributed by atoms with Crippen LogP contribution in [0.2, 0.25) is 0 Å². The van der Waals surface area contributed by atoms with Crippen molar-refractivity contribution in [2.75, 3.05) is 11.4 Å². The summed E-state index contributed by atoms with van der Waals surface area (Å²) in [7, 11) is 0. The SMILES string of the molecule is O=c1nc(OCc2ccc(F)cc2)cc2n1CC13CC(CN21)C3. The lowest BCUT2D eigenvalue weighted by atomic mass is 9.74. The second-order valence-electron chi connectivity index (χ2n) is 6.85. The first-order valence-electron chi connectivity index (χ1n) is 7.90. The highest BCUT2D eigenvalue weighted by Crippen LogP contribution is 2.56. The molecule has 1 aromatic carbocycles. The minimum absolute atomic E-state index is 0.161. The van der Waals surface area contributed by atoms with E-state index in [0.29, 0.717) is 5.88 Å². The third-order valence-corrected chi connectivity index (χ3v) is 5.35. The molecule has 0 amide bonds. The van der Waals surface area contributed by atoms with E-state index in [1.165, 1.54) is 25.0 Å². The number of hydrogen-bond acceptors (Lipinski definition) is 4. The van der Waals surface area contributed by atoms with Gasteiger partial charge < -0.3 is 9.64 Å². The Morgan fingerprint density at radius 2 is 2.09 bits per heavy atom. The fraction of sp³-hybridized carbons (Fsp3) is 0.412. The van der Waals surface area contributed by atoms with Crippen molar-refractivity contribution < 1.29 is 9.13 Å². The number of nitrogens with zero attached hydrogens (tertiary/aromatic N) is 3. The molecule has 0 atom stereocenters. The van der Waals surface area contributed by atoms with Crippen LogP contribution in [0.25, 0.3) is 0 Å². The molecule has 4 heterocycles. The summed E-state index contributed by atoms with van der Waals surface area (Å²) in [5.41, 5.74) is 0.756. The summed E-state index contributed by atoms with van der Waals surface area (Å²) in [5, 5.41) is 0. The van der Waals surface area contributed by atoms with E-state index in [2.05, 4.69) is 9.88 Å². The Morgan fingerprint density at radius 3 is 2.87 bits per heavy atom. The van der Waals surface area contributed by atoms with Crippen molar-refractivity contribution in [1.29, 1.82) is 0 Å². The number of halogens is 1. The predicted molar refractivity (Wildman–Crippen MR) is 82.0 cm³/mol. The summed E-state index contributed by atoms with van der Waals surface area (Å²) >= 11 is 0. The van der Waals surface area contributed by atoms with Crippen molar-refractivity contribution in [3.8, 4) is 5.88 Å². The van der Waals surface area contributed by atoms with E-state index in [4.69, 9.17) is 4.74 Å². The number of rotatable bonds is 3. The number of aromatic nitrogens is 2. The summed E-state index contributed by atoms with van der Waals surface area (Å²) in [4.78, 5) is 18.7. The molecule has 0 N–H and O–H groups in total. The van der Waals surface area contributed by atoms with Crippen LogP contribution in [0.15, 0.2) is 35.1 Å². The van der Waals surface area contributed by atoms with Gasteiger partial charge in [-0.2, -0.15) is 4.98 Å². The molecule has 2 aromatic rings. The zero-order valence-corrected chi connectivity index (χ0v) is 12.5. The van der Waals surface area contributed by atoms with E-state index in [-0.39, 0.29) is 23.7 Å². The molecule has 118 valence electrons. The van der Waals surface area contributed by atoms with Crippen molar-refractivity contribution in [2.45, 2.75) is 31.5 Å². The van der Waals surface area contributed by atoms with E-state index in [1.54, 1.807) is 16.7 Å². The first-order chi connectivity index (χ1) is 11.1.